The molecular formula is C23H30F3N3O. The fourth-order valence-electron chi connectivity index (χ4n) is 4.12. The second-order valence-electron chi connectivity index (χ2n) is 8.66. The first-order valence-electron chi connectivity index (χ1n) is 10.6. The molecule has 2 aromatic rings. The van der Waals surface area contributed by atoms with Crippen LogP contribution in [0.5, 0.6) is 0 Å². The molecule has 0 saturated heterocycles. The van der Waals surface area contributed by atoms with Gasteiger partial charge in [0.25, 0.3) is 0 Å². The van der Waals surface area contributed by atoms with Crippen LogP contribution in [0, 0.1) is 5.92 Å². The van der Waals surface area contributed by atoms with Gasteiger partial charge < -0.3 is 10.2 Å². The number of benzene rings is 1. The molecule has 1 amide bonds. The van der Waals surface area contributed by atoms with Gasteiger partial charge in [0.15, 0.2) is 0 Å². The number of fused-ring (bicyclic) bond motifs is 1. The minimum Gasteiger partial charge on any atom is -0.371 e. The number of amides is 1. The van der Waals surface area contributed by atoms with Crippen molar-refractivity contribution in [2.24, 2.45) is 5.92 Å². The van der Waals surface area contributed by atoms with E-state index < -0.39 is 11.9 Å². The molecule has 7 heteroatoms. The zero-order valence-electron chi connectivity index (χ0n) is 17.8. The first-order chi connectivity index (χ1) is 14.1. The summed E-state index contributed by atoms with van der Waals surface area (Å²) in [6.45, 7) is 4.20. The molecule has 1 fully saturated rings. The number of carbonyl (C=O) groups excluding carboxylic acids is 1. The highest BCUT2D eigenvalue weighted by molar-refractivity contribution is 5.92. The number of nitrogens with zero attached hydrogens (tertiary/aromatic N) is 2. The molecule has 1 aromatic heterocycles. The van der Waals surface area contributed by atoms with Gasteiger partial charge in [-0.25, -0.2) is 4.98 Å². The summed E-state index contributed by atoms with van der Waals surface area (Å²) in [5.41, 5.74) is 0.0340. The molecule has 0 spiro atoms. The van der Waals surface area contributed by atoms with Crippen LogP contribution in [-0.2, 0) is 11.0 Å². The third-order valence-electron chi connectivity index (χ3n) is 5.92. The maximum atomic E-state index is 13.4. The van der Waals surface area contributed by atoms with Gasteiger partial charge in [-0.1, -0.05) is 32.0 Å². The van der Waals surface area contributed by atoms with E-state index in [0.29, 0.717) is 23.5 Å². The second kappa shape index (κ2) is 9.23. The lowest BCUT2D eigenvalue weighted by Gasteiger charge is -2.37. The van der Waals surface area contributed by atoms with E-state index in [1.165, 1.54) is 0 Å². The topological polar surface area (TPSA) is 45.2 Å². The van der Waals surface area contributed by atoms with Gasteiger partial charge in [0.1, 0.15) is 5.69 Å². The van der Waals surface area contributed by atoms with E-state index in [-0.39, 0.29) is 18.0 Å². The first-order valence-corrected chi connectivity index (χ1v) is 10.6. The van der Waals surface area contributed by atoms with Crippen molar-refractivity contribution >= 4 is 22.5 Å². The summed E-state index contributed by atoms with van der Waals surface area (Å²) < 4.78 is 40.1. The van der Waals surface area contributed by atoms with E-state index in [1.807, 2.05) is 24.1 Å². The van der Waals surface area contributed by atoms with Crippen molar-refractivity contribution < 1.29 is 18.0 Å². The number of aromatic nitrogens is 1. The number of anilines is 1. The van der Waals surface area contributed by atoms with Gasteiger partial charge in [-0.05, 0) is 50.2 Å². The lowest BCUT2D eigenvalue weighted by molar-refractivity contribution is -0.140. The van der Waals surface area contributed by atoms with E-state index in [2.05, 4.69) is 24.1 Å². The van der Waals surface area contributed by atoms with Crippen molar-refractivity contribution in [3.05, 3.63) is 36.0 Å². The van der Waals surface area contributed by atoms with Crippen molar-refractivity contribution in [1.82, 2.24) is 10.3 Å². The summed E-state index contributed by atoms with van der Waals surface area (Å²) in [6, 6.07) is 8.38. The summed E-state index contributed by atoms with van der Waals surface area (Å²) in [5.74, 6) is 0.590. The zero-order valence-corrected chi connectivity index (χ0v) is 17.8. The summed E-state index contributed by atoms with van der Waals surface area (Å²) in [6.07, 6.45) is 0.237. The fraction of sp³-hybridized carbons (Fsp3) is 0.565. The summed E-state index contributed by atoms with van der Waals surface area (Å²) in [5, 5.41) is 3.84. The van der Waals surface area contributed by atoms with Crippen LogP contribution in [0.3, 0.4) is 0 Å². The normalized spacial score (nSPS) is 19.8. The standard InChI is InChI=1S/C23H30F3N3O/c1-15(2)8-13-22(30)27-16-9-11-17(12-10-16)29(3)20-14-21(23(24,25)26)28-19-7-5-4-6-18(19)20/h4-7,14-17H,8-13H2,1-3H3,(H,27,30). The van der Waals surface area contributed by atoms with Gasteiger partial charge in [0, 0.05) is 36.6 Å². The molecule has 1 aromatic carbocycles. The Morgan fingerprint density at radius 1 is 1.20 bits per heavy atom. The van der Waals surface area contributed by atoms with Crippen LogP contribution in [0.15, 0.2) is 30.3 Å². The van der Waals surface area contributed by atoms with E-state index in [0.717, 1.165) is 43.6 Å². The van der Waals surface area contributed by atoms with Crippen LogP contribution in [0.25, 0.3) is 10.9 Å². The van der Waals surface area contributed by atoms with Crippen LogP contribution >= 0.6 is 0 Å². The van der Waals surface area contributed by atoms with E-state index in [4.69, 9.17) is 0 Å². The van der Waals surface area contributed by atoms with Crippen molar-refractivity contribution in [2.75, 3.05) is 11.9 Å². The third-order valence-corrected chi connectivity index (χ3v) is 5.92. The minimum atomic E-state index is -4.49. The van der Waals surface area contributed by atoms with Crippen molar-refractivity contribution in [3.8, 4) is 0 Å². The average Bonchev–Trinajstić information content (AvgIpc) is 2.71. The van der Waals surface area contributed by atoms with Crippen LogP contribution in [0.2, 0.25) is 0 Å². The lowest BCUT2D eigenvalue weighted by atomic mass is 9.89. The quantitative estimate of drug-likeness (QED) is 0.665. The van der Waals surface area contributed by atoms with E-state index >= 15 is 0 Å². The number of para-hydroxylation sites is 1. The second-order valence-corrected chi connectivity index (χ2v) is 8.66. The Labute approximate surface area is 175 Å². The maximum absolute atomic E-state index is 13.4. The summed E-state index contributed by atoms with van der Waals surface area (Å²) in [4.78, 5) is 17.9. The molecule has 1 aliphatic carbocycles. The molecule has 0 aliphatic heterocycles. The number of pyridine rings is 1. The van der Waals surface area contributed by atoms with Gasteiger partial charge in [0.2, 0.25) is 5.91 Å². The molecule has 0 atom stereocenters. The van der Waals surface area contributed by atoms with Gasteiger partial charge in [-0.2, -0.15) is 13.2 Å². The molecule has 164 valence electrons. The van der Waals surface area contributed by atoms with Crippen LogP contribution in [-0.4, -0.2) is 30.0 Å². The zero-order chi connectivity index (χ0) is 21.9. The third kappa shape index (κ3) is 5.43. The number of alkyl halides is 3. The largest absolute Gasteiger partial charge is 0.433 e. The highest BCUT2D eigenvalue weighted by atomic mass is 19.4. The number of halogens is 3. The van der Waals surface area contributed by atoms with Gasteiger partial charge >= 0.3 is 6.18 Å². The Morgan fingerprint density at radius 3 is 2.50 bits per heavy atom. The number of nitrogens with one attached hydrogen (secondary N) is 1. The van der Waals surface area contributed by atoms with Gasteiger partial charge in [-0.3, -0.25) is 4.79 Å². The Balaban J connectivity index is 1.70. The number of carbonyl (C=O) groups is 1. The van der Waals surface area contributed by atoms with Crippen molar-refractivity contribution in [1.29, 1.82) is 0 Å². The minimum absolute atomic E-state index is 0.0930. The van der Waals surface area contributed by atoms with E-state index in [1.54, 1.807) is 12.1 Å². The molecule has 1 saturated carbocycles. The molecule has 4 nitrogen and oxygen atoms in total. The molecule has 0 radical (unpaired) electrons. The predicted molar refractivity (Wildman–Crippen MR) is 113 cm³/mol. The first kappa shape index (κ1) is 22.4. The van der Waals surface area contributed by atoms with Crippen LogP contribution in [0.4, 0.5) is 18.9 Å². The SMILES string of the molecule is CC(C)CCC(=O)NC1CCC(N(C)c2cc(C(F)(F)F)nc3ccccc23)CC1. The monoisotopic (exact) mass is 421 g/mol. The average molecular weight is 422 g/mol. The molecule has 1 aliphatic rings. The van der Waals surface area contributed by atoms with Crippen molar-refractivity contribution in [2.45, 2.75) is 70.6 Å². The maximum Gasteiger partial charge on any atom is 0.433 e. The molecule has 1 N–H and O–H groups in total. The van der Waals surface area contributed by atoms with Crippen LogP contribution < -0.4 is 10.2 Å². The highest BCUT2D eigenvalue weighted by Crippen LogP contribution is 2.36. The number of hydrogen-bond donors (Lipinski definition) is 1. The predicted octanol–water partition coefficient (Wildman–Crippen LogP) is 5.55. The van der Waals surface area contributed by atoms with Gasteiger partial charge in [0.05, 0.1) is 5.52 Å². The smallest absolute Gasteiger partial charge is 0.371 e. The Hall–Kier alpha value is -2.31. The lowest BCUT2D eigenvalue weighted by Crippen LogP contribution is -2.43. The van der Waals surface area contributed by atoms with Crippen LogP contribution in [0.1, 0.15) is 58.1 Å². The van der Waals surface area contributed by atoms with Gasteiger partial charge in [-0.15, -0.1) is 0 Å². The Morgan fingerprint density at radius 2 is 1.87 bits per heavy atom. The highest BCUT2D eigenvalue weighted by Gasteiger charge is 2.34. The summed E-state index contributed by atoms with van der Waals surface area (Å²) in [7, 11) is 1.86. The molecule has 1 heterocycles. The van der Waals surface area contributed by atoms with E-state index in [9.17, 15) is 18.0 Å². The molecule has 3 rings (SSSR count). The fourth-order valence-corrected chi connectivity index (χ4v) is 4.12. The summed E-state index contributed by atoms with van der Waals surface area (Å²) >= 11 is 0. The molecular weight excluding hydrogens is 391 g/mol. The number of hydrogen-bond acceptors (Lipinski definition) is 3. The Bertz CT molecular complexity index is 874. The Kier molecular flexibility index (Phi) is 6.88. The molecule has 0 unspecified atom stereocenters. The van der Waals surface area contributed by atoms with Crippen molar-refractivity contribution in [3.63, 3.8) is 0 Å². The molecule has 0 bridgehead atoms. The number of rotatable bonds is 6. The molecule has 30 heavy (non-hydrogen) atoms.